The molecule has 7 nitrogen and oxygen atoms in total. The van der Waals surface area contributed by atoms with Crippen molar-refractivity contribution >= 4 is 5.97 Å². The van der Waals surface area contributed by atoms with E-state index in [2.05, 4.69) is 4.98 Å². The molecule has 0 radical (unpaired) electrons. The summed E-state index contributed by atoms with van der Waals surface area (Å²) in [5.74, 6) is 1.14. The van der Waals surface area contributed by atoms with E-state index < -0.39 is 12.0 Å². The van der Waals surface area contributed by atoms with Crippen LogP contribution in [-0.4, -0.2) is 46.8 Å². The molecule has 1 aliphatic rings. The highest BCUT2D eigenvalue weighted by molar-refractivity contribution is 5.73. The van der Waals surface area contributed by atoms with Crippen LogP contribution in [0.15, 0.2) is 59.0 Å². The molecule has 0 amide bonds. The Labute approximate surface area is 174 Å². The number of nitrogens with zero attached hydrogens (tertiary/aromatic N) is 2. The Hall–Kier alpha value is -3.16. The lowest BCUT2D eigenvalue weighted by molar-refractivity contribution is -0.150. The van der Waals surface area contributed by atoms with Gasteiger partial charge in [0.15, 0.2) is 0 Å². The quantitative estimate of drug-likeness (QED) is 0.640. The fourth-order valence-electron chi connectivity index (χ4n) is 3.44. The van der Waals surface area contributed by atoms with Crippen LogP contribution in [0, 0.1) is 6.92 Å². The zero-order chi connectivity index (χ0) is 20.9. The molecule has 1 N–H and O–H groups in total. The molecule has 0 unspecified atom stereocenters. The summed E-state index contributed by atoms with van der Waals surface area (Å²) in [5, 5.41) is 9.40. The van der Waals surface area contributed by atoms with Crippen molar-refractivity contribution in [1.29, 1.82) is 0 Å². The van der Waals surface area contributed by atoms with Crippen molar-refractivity contribution in [2.45, 2.75) is 26.1 Å². The molecule has 2 aromatic carbocycles. The summed E-state index contributed by atoms with van der Waals surface area (Å²) in [7, 11) is 0. The minimum absolute atomic E-state index is 0.209. The summed E-state index contributed by atoms with van der Waals surface area (Å²) >= 11 is 0. The first-order valence-electron chi connectivity index (χ1n) is 9.88. The molecular formula is C23H24N2O5. The molecule has 1 fully saturated rings. The predicted octanol–water partition coefficient (Wildman–Crippen LogP) is 3.51. The third-order valence-corrected chi connectivity index (χ3v) is 5.10. The number of carboxylic acids is 1. The number of morpholine rings is 1. The summed E-state index contributed by atoms with van der Waals surface area (Å²) in [5.41, 5.74) is 2.66. The van der Waals surface area contributed by atoms with Crippen LogP contribution in [0.2, 0.25) is 0 Å². The van der Waals surface area contributed by atoms with Crippen molar-refractivity contribution in [2.75, 3.05) is 19.8 Å². The van der Waals surface area contributed by atoms with E-state index in [-0.39, 0.29) is 6.61 Å². The average molecular weight is 408 g/mol. The average Bonchev–Trinajstić information content (AvgIpc) is 3.14. The first kappa shape index (κ1) is 20.1. The number of benzene rings is 2. The van der Waals surface area contributed by atoms with Crippen LogP contribution in [0.5, 0.6) is 5.75 Å². The van der Waals surface area contributed by atoms with E-state index in [1.165, 1.54) is 0 Å². The maximum absolute atomic E-state index is 11.5. The summed E-state index contributed by atoms with van der Waals surface area (Å²) in [6, 6.07) is 16.8. The Morgan fingerprint density at radius 2 is 2.07 bits per heavy atom. The smallest absolute Gasteiger partial charge is 0.323 e. The third-order valence-electron chi connectivity index (χ3n) is 5.10. The zero-order valence-corrected chi connectivity index (χ0v) is 16.8. The van der Waals surface area contributed by atoms with Gasteiger partial charge in [-0.15, -0.1) is 0 Å². The molecule has 2 heterocycles. The second-order valence-corrected chi connectivity index (χ2v) is 7.22. The number of hydrogen-bond donors (Lipinski definition) is 1. The number of aromatic nitrogens is 1. The minimum atomic E-state index is -0.863. The number of carbonyl (C=O) groups is 1. The minimum Gasteiger partial charge on any atom is -0.487 e. The molecule has 0 aliphatic carbocycles. The van der Waals surface area contributed by atoms with Crippen LogP contribution in [0.1, 0.15) is 17.0 Å². The largest absolute Gasteiger partial charge is 0.487 e. The van der Waals surface area contributed by atoms with Gasteiger partial charge in [-0.3, -0.25) is 9.69 Å². The highest BCUT2D eigenvalue weighted by Crippen LogP contribution is 2.23. The van der Waals surface area contributed by atoms with E-state index in [1.807, 2.05) is 66.4 Å². The highest BCUT2D eigenvalue weighted by Gasteiger charge is 2.29. The van der Waals surface area contributed by atoms with Gasteiger partial charge in [-0.1, -0.05) is 30.3 Å². The Bertz CT molecular complexity index is 1000. The maximum atomic E-state index is 11.5. The SMILES string of the molecule is Cc1oc(-c2ccccc2)nc1COc1cccc(CN2CCOC[C@H]2C(=O)O)c1. The zero-order valence-electron chi connectivity index (χ0n) is 16.8. The van der Waals surface area contributed by atoms with Gasteiger partial charge in [-0.25, -0.2) is 4.98 Å². The first-order chi connectivity index (χ1) is 14.6. The van der Waals surface area contributed by atoms with Crippen LogP contribution in [-0.2, 0) is 22.7 Å². The molecule has 4 rings (SSSR count). The van der Waals surface area contributed by atoms with Crippen LogP contribution in [0.3, 0.4) is 0 Å². The number of ether oxygens (including phenoxy) is 2. The van der Waals surface area contributed by atoms with Crippen molar-refractivity contribution in [3.8, 4) is 17.2 Å². The molecule has 7 heteroatoms. The second kappa shape index (κ2) is 9.11. The summed E-state index contributed by atoms with van der Waals surface area (Å²) < 4.78 is 17.0. The van der Waals surface area contributed by atoms with Crippen molar-refractivity contribution in [2.24, 2.45) is 0 Å². The molecule has 0 saturated carbocycles. The van der Waals surface area contributed by atoms with Gasteiger partial charge in [0.1, 0.15) is 29.9 Å². The van der Waals surface area contributed by atoms with Crippen LogP contribution >= 0.6 is 0 Å². The van der Waals surface area contributed by atoms with E-state index in [9.17, 15) is 9.90 Å². The molecule has 1 saturated heterocycles. The molecule has 1 atom stereocenters. The normalized spacial score (nSPS) is 17.0. The van der Waals surface area contributed by atoms with E-state index in [4.69, 9.17) is 13.9 Å². The van der Waals surface area contributed by atoms with Crippen molar-refractivity contribution in [3.05, 3.63) is 71.6 Å². The Morgan fingerprint density at radius 1 is 1.23 bits per heavy atom. The van der Waals surface area contributed by atoms with E-state index in [0.29, 0.717) is 37.9 Å². The van der Waals surface area contributed by atoms with Crippen molar-refractivity contribution in [3.63, 3.8) is 0 Å². The van der Waals surface area contributed by atoms with Gasteiger partial charge in [-0.05, 0) is 36.8 Å². The number of hydrogen-bond acceptors (Lipinski definition) is 6. The number of aryl methyl sites for hydroxylation is 1. The number of aliphatic carboxylic acids is 1. The molecule has 1 aliphatic heterocycles. The molecule has 0 bridgehead atoms. The molecule has 1 aromatic heterocycles. The van der Waals surface area contributed by atoms with Gasteiger partial charge >= 0.3 is 5.97 Å². The van der Waals surface area contributed by atoms with Crippen LogP contribution in [0.25, 0.3) is 11.5 Å². The monoisotopic (exact) mass is 408 g/mol. The summed E-state index contributed by atoms with van der Waals surface area (Å²) in [6.45, 7) is 4.02. The Kier molecular flexibility index (Phi) is 6.11. The lowest BCUT2D eigenvalue weighted by Gasteiger charge is -2.32. The molecule has 30 heavy (non-hydrogen) atoms. The van der Waals surface area contributed by atoms with Gasteiger partial charge in [-0.2, -0.15) is 0 Å². The highest BCUT2D eigenvalue weighted by atomic mass is 16.5. The van der Waals surface area contributed by atoms with Gasteiger partial charge < -0.3 is 19.0 Å². The number of rotatable bonds is 7. The number of carboxylic acid groups (broad SMARTS) is 1. The lowest BCUT2D eigenvalue weighted by Crippen LogP contribution is -2.49. The molecule has 3 aromatic rings. The molecule has 0 spiro atoms. The Balaban J connectivity index is 1.41. The fourth-order valence-corrected chi connectivity index (χ4v) is 3.44. The maximum Gasteiger partial charge on any atom is 0.323 e. The lowest BCUT2D eigenvalue weighted by atomic mass is 10.1. The standard InChI is InChI=1S/C23H24N2O5/c1-16-20(24-22(30-16)18-7-3-2-4-8-18)14-29-19-9-5-6-17(12-19)13-25-10-11-28-15-21(25)23(26)27/h2-9,12,21H,10-11,13-15H2,1H3,(H,26,27)/t21-/m0/s1. The summed E-state index contributed by atoms with van der Waals surface area (Å²) in [6.07, 6.45) is 0. The topological polar surface area (TPSA) is 85.0 Å². The van der Waals surface area contributed by atoms with Gasteiger partial charge in [0.25, 0.3) is 0 Å². The van der Waals surface area contributed by atoms with E-state index in [1.54, 1.807) is 0 Å². The van der Waals surface area contributed by atoms with Gasteiger partial charge in [0.2, 0.25) is 5.89 Å². The first-order valence-corrected chi connectivity index (χ1v) is 9.88. The third kappa shape index (κ3) is 4.69. The second-order valence-electron chi connectivity index (χ2n) is 7.22. The number of oxazole rings is 1. The Morgan fingerprint density at radius 3 is 2.87 bits per heavy atom. The van der Waals surface area contributed by atoms with Gasteiger partial charge in [0.05, 0.1) is 13.2 Å². The van der Waals surface area contributed by atoms with E-state index >= 15 is 0 Å². The van der Waals surface area contributed by atoms with Gasteiger partial charge in [0, 0.05) is 18.7 Å². The fraction of sp³-hybridized carbons (Fsp3) is 0.304. The predicted molar refractivity (Wildman–Crippen MR) is 110 cm³/mol. The van der Waals surface area contributed by atoms with E-state index in [0.717, 1.165) is 22.6 Å². The van der Waals surface area contributed by atoms with Crippen LogP contribution in [0.4, 0.5) is 0 Å². The van der Waals surface area contributed by atoms with Crippen molar-refractivity contribution < 1.29 is 23.8 Å². The van der Waals surface area contributed by atoms with Crippen LogP contribution < -0.4 is 4.74 Å². The molecule has 156 valence electrons. The molecular weight excluding hydrogens is 384 g/mol. The van der Waals surface area contributed by atoms with Crippen molar-refractivity contribution in [1.82, 2.24) is 9.88 Å². The summed E-state index contributed by atoms with van der Waals surface area (Å²) in [4.78, 5) is 17.9.